The summed E-state index contributed by atoms with van der Waals surface area (Å²) in [5.41, 5.74) is 8.16. The number of carbonyl (C=O) groups is 2. The average Bonchev–Trinajstić information content (AvgIpc) is 3.07. The van der Waals surface area contributed by atoms with Crippen molar-refractivity contribution in [1.29, 1.82) is 0 Å². The lowest BCUT2D eigenvalue weighted by molar-refractivity contribution is -0.119. The molecule has 0 aliphatic heterocycles. The molecule has 0 aliphatic rings. The van der Waals surface area contributed by atoms with Crippen LogP contribution in [-0.2, 0) is 4.79 Å². The molecule has 0 unspecified atom stereocenters. The van der Waals surface area contributed by atoms with Crippen molar-refractivity contribution in [3.05, 3.63) is 46.2 Å². The maximum atomic E-state index is 11.7. The molecule has 0 radical (unpaired) electrons. The van der Waals surface area contributed by atoms with E-state index < -0.39 is 5.91 Å². The number of nitrogens with two attached hydrogens (primary N) is 1. The molecule has 0 aliphatic carbocycles. The summed E-state index contributed by atoms with van der Waals surface area (Å²) in [4.78, 5) is 23.0. The molecule has 2 rings (SSSR count). The molecule has 1 aromatic heterocycles. The molecule has 7 nitrogen and oxygen atoms in total. The number of rotatable bonds is 7. The number of ether oxygens (including phenoxy) is 2. The molecular weight excluding hydrogens is 318 g/mol. The van der Waals surface area contributed by atoms with E-state index in [1.54, 1.807) is 30.3 Å². The lowest BCUT2D eigenvalue weighted by Crippen LogP contribution is -2.20. The van der Waals surface area contributed by atoms with Crippen molar-refractivity contribution in [2.24, 2.45) is 10.8 Å². The van der Waals surface area contributed by atoms with Crippen LogP contribution >= 0.6 is 11.3 Å². The van der Waals surface area contributed by atoms with Crippen molar-refractivity contribution in [3.8, 4) is 11.5 Å². The molecule has 120 valence electrons. The van der Waals surface area contributed by atoms with Gasteiger partial charge in [-0.2, -0.15) is 5.10 Å². The largest absolute Gasteiger partial charge is 0.493 e. The fraction of sp³-hybridized carbons (Fsp3) is 0.133. The third kappa shape index (κ3) is 4.82. The van der Waals surface area contributed by atoms with Gasteiger partial charge in [-0.1, -0.05) is 6.07 Å². The van der Waals surface area contributed by atoms with Crippen LogP contribution in [0.2, 0.25) is 0 Å². The van der Waals surface area contributed by atoms with Crippen molar-refractivity contribution in [2.75, 3.05) is 13.7 Å². The molecule has 8 heteroatoms. The predicted octanol–water partition coefficient (Wildman–Crippen LogP) is 1.38. The average molecular weight is 333 g/mol. The first-order valence-corrected chi connectivity index (χ1v) is 7.44. The minimum Gasteiger partial charge on any atom is -0.493 e. The predicted molar refractivity (Wildman–Crippen MR) is 87.1 cm³/mol. The number of nitrogens with one attached hydrogen (secondary N) is 1. The molecule has 23 heavy (non-hydrogen) atoms. The third-order valence-corrected chi connectivity index (χ3v) is 3.55. The summed E-state index contributed by atoms with van der Waals surface area (Å²) >= 11 is 1.33. The highest BCUT2D eigenvalue weighted by molar-refractivity contribution is 7.12. The SMILES string of the molecule is COc1cc(/C=N\NC(=O)c2cccs2)ccc1OCC(N)=O. The second kappa shape index (κ2) is 7.95. The summed E-state index contributed by atoms with van der Waals surface area (Å²) in [7, 11) is 1.48. The molecule has 1 heterocycles. The molecule has 0 atom stereocenters. The summed E-state index contributed by atoms with van der Waals surface area (Å²) in [6, 6.07) is 8.50. The number of nitrogens with zero attached hydrogens (tertiary/aromatic N) is 1. The number of thiophene rings is 1. The minimum atomic E-state index is -0.575. The van der Waals surface area contributed by atoms with Gasteiger partial charge in [0, 0.05) is 0 Å². The highest BCUT2D eigenvalue weighted by Gasteiger charge is 2.07. The first-order chi connectivity index (χ1) is 11.1. The van der Waals surface area contributed by atoms with Gasteiger partial charge in [0.25, 0.3) is 11.8 Å². The molecular formula is C15H15N3O4S. The van der Waals surface area contributed by atoms with Gasteiger partial charge in [-0.25, -0.2) is 5.43 Å². The molecule has 0 saturated carbocycles. The Bertz CT molecular complexity index is 714. The van der Waals surface area contributed by atoms with Gasteiger partial charge in [-0.15, -0.1) is 11.3 Å². The van der Waals surface area contributed by atoms with Crippen LogP contribution in [0, 0.1) is 0 Å². The minimum absolute atomic E-state index is 0.235. The second-order valence-corrected chi connectivity index (χ2v) is 5.29. The van der Waals surface area contributed by atoms with E-state index in [0.717, 1.165) is 0 Å². The maximum absolute atomic E-state index is 11.7. The number of amides is 2. The quantitative estimate of drug-likeness (QED) is 0.590. The smallest absolute Gasteiger partial charge is 0.281 e. The van der Waals surface area contributed by atoms with Crippen molar-refractivity contribution >= 4 is 29.4 Å². The van der Waals surface area contributed by atoms with Gasteiger partial charge >= 0.3 is 0 Å². The Morgan fingerprint density at radius 1 is 1.35 bits per heavy atom. The van der Waals surface area contributed by atoms with Crippen LogP contribution in [0.15, 0.2) is 40.8 Å². The van der Waals surface area contributed by atoms with Gasteiger partial charge in [-0.05, 0) is 35.2 Å². The normalized spacial score (nSPS) is 10.5. The first-order valence-electron chi connectivity index (χ1n) is 6.56. The Morgan fingerprint density at radius 2 is 2.17 bits per heavy atom. The lowest BCUT2D eigenvalue weighted by atomic mass is 10.2. The van der Waals surface area contributed by atoms with Crippen LogP contribution in [0.3, 0.4) is 0 Å². The molecule has 0 spiro atoms. The van der Waals surface area contributed by atoms with Gasteiger partial charge in [0.15, 0.2) is 18.1 Å². The molecule has 1 aromatic carbocycles. The second-order valence-electron chi connectivity index (χ2n) is 4.34. The fourth-order valence-electron chi connectivity index (χ4n) is 1.66. The molecule has 0 fully saturated rings. The number of carbonyl (C=O) groups excluding carboxylic acids is 2. The Balaban J connectivity index is 2.01. The summed E-state index contributed by atoms with van der Waals surface area (Å²) in [6.45, 7) is -0.235. The molecule has 0 bridgehead atoms. The van der Waals surface area contributed by atoms with Crippen molar-refractivity contribution in [2.45, 2.75) is 0 Å². The number of methoxy groups -OCH3 is 1. The van der Waals surface area contributed by atoms with Crippen LogP contribution in [-0.4, -0.2) is 31.7 Å². The fourth-order valence-corrected chi connectivity index (χ4v) is 2.27. The maximum Gasteiger partial charge on any atom is 0.281 e. The van der Waals surface area contributed by atoms with E-state index in [-0.39, 0.29) is 12.5 Å². The van der Waals surface area contributed by atoms with Gasteiger partial charge < -0.3 is 15.2 Å². The molecule has 0 saturated heterocycles. The number of benzene rings is 1. The summed E-state index contributed by atoms with van der Waals surface area (Å²) in [5.74, 6) is -0.0236. The Morgan fingerprint density at radius 3 is 2.83 bits per heavy atom. The van der Waals surface area contributed by atoms with E-state index in [0.29, 0.717) is 21.9 Å². The standard InChI is InChI=1S/C15H15N3O4S/c1-21-12-7-10(4-5-11(12)22-9-14(16)19)8-17-18-15(20)13-3-2-6-23-13/h2-8H,9H2,1H3,(H2,16,19)(H,18,20)/b17-8-. The Hall–Kier alpha value is -2.87. The van der Waals surface area contributed by atoms with E-state index in [4.69, 9.17) is 15.2 Å². The highest BCUT2D eigenvalue weighted by Crippen LogP contribution is 2.27. The van der Waals surface area contributed by atoms with Crippen molar-refractivity contribution in [1.82, 2.24) is 5.43 Å². The van der Waals surface area contributed by atoms with Gasteiger partial charge in [-0.3, -0.25) is 9.59 Å². The monoisotopic (exact) mass is 333 g/mol. The van der Waals surface area contributed by atoms with Crippen LogP contribution in [0.4, 0.5) is 0 Å². The first kappa shape index (κ1) is 16.5. The zero-order valence-corrected chi connectivity index (χ0v) is 13.1. The summed E-state index contributed by atoms with van der Waals surface area (Å²) in [5, 5.41) is 5.70. The zero-order valence-electron chi connectivity index (χ0n) is 12.3. The summed E-state index contributed by atoms with van der Waals surface area (Å²) < 4.78 is 10.4. The molecule has 2 amide bonds. The van der Waals surface area contributed by atoms with Crippen LogP contribution in [0.25, 0.3) is 0 Å². The Kier molecular flexibility index (Phi) is 5.70. The number of hydrogen-bond donors (Lipinski definition) is 2. The van der Waals surface area contributed by atoms with E-state index in [1.165, 1.54) is 24.7 Å². The van der Waals surface area contributed by atoms with E-state index in [1.807, 2.05) is 5.38 Å². The van der Waals surface area contributed by atoms with Gasteiger partial charge in [0.2, 0.25) is 0 Å². The van der Waals surface area contributed by atoms with Crippen LogP contribution in [0.5, 0.6) is 11.5 Å². The number of hydrazone groups is 1. The zero-order chi connectivity index (χ0) is 16.7. The van der Waals surface area contributed by atoms with Crippen molar-refractivity contribution < 1.29 is 19.1 Å². The topological polar surface area (TPSA) is 103 Å². The molecule has 2 aromatic rings. The van der Waals surface area contributed by atoms with E-state index in [9.17, 15) is 9.59 Å². The molecule has 3 N–H and O–H groups in total. The summed E-state index contributed by atoms with van der Waals surface area (Å²) in [6.07, 6.45) is 1.48. The van der Waals surface area contributed by atoms with Crippen LogP contribution < -0.4 is 20.6 Å². The lowest BCUT2D eigenvalue weighted by Gasteiger charge is -2.09. The number of hydrogen-bond acceptors (Lipinski definition) is 6. The van der Waals surface area contributed by atoms with Crippen molar-refractivity contribution in [3.63, 3.8) is 0 Å². The van der Waals surface area contributed by atoms with E-state index >= 15 is 0 Å². The highest BCUT2D eigenvalue weighted by atomic mass is 32.1. The van der Waals surface area contributed by atoms with Gasteiger partial charge in [0.1, 0.15) is 0 Å². The van der Waals surface area contributed by atoms with E-state index in [2.05, 4.69) is 10.5 Å². The van der Waals surface area contributed by atoms with Gasteiger partial charge in [0.05, 0.1) is 18.2 Å². The number of primary amides is 1. The van der Waals surface area contributed by atoms with Crippen LogP contribution in [0.1, 0.15) is 15.2 Å². The Labute approximate surface area is 136 Å². The third-order valence-electron chi connectivity index (χ3n) is 2.68.